The number of nitrogens with zero attached hydrogens (tertiary/aromatic N) is 2. The highest BCUT2D eigenvalue weighted by Crippen LogP contribution is 2.24. The summed E-state index contributed by atoms with van der Waals surface area (Å²) in [6, 6.07) is 4.07. The molecule has 0 saturated carbocycles. The molecule has 0 bridgehead atoms. The Morgan fingerprint density at radius 2 is 2.26 bits per heavy atom. The van der Waals surface area contributed by atoms with Crippen LogP contribution in [0.15, 0.2) is 6.07 Å². The highest BCUT2D eigenvalue weighted by Gasteiger charge is 2.14. The Balaban J connectivity index is 2.06. The monoisotopic (exact) mass is 259 g/mol. The Morgan fingerprint density at radius 1 is 1.47 bits per heavy atom. The van der Waals surface area contributed by atoms with Gasteiger partial charge in [-0.15, -0.1) is 0 Å². The Morgan fingerprint density at radius 3 is 3.00 bits per heavy atom. The first kappa shape index (κ1) is 13.3. The van der Waals surface area contributed by atoms with Crippen LogP contribution in [0, 0.1) is 11.3 Å². The molecule has 2 N–H and O–H groups in total. The highest BCUT2D eigenvalue weighted by atomic mass is 16.4. The van der Waals surface area contributed by atoms with Crippen molar-refractivity contribution in [3.63, 3.8) is 0 Å². The van der Waals surface area contributed by atoms with E-state index in [-0.39, 0.29) is 6.42 Å². The average Bonchev–Trinajstić information content (AvgIpc) is 2.42. The molecule has 1 aliphatic carbocycles. The lowest BCUT2D eigenvalue weighted by Gasteiger charge is -2.17. The maximum Gasteiger partial charge on any atom is 0.303 e. The van der Waals surface area contributed by atoms with Gasteiger partial charge in [0.05, 0.1) is 5.56 Å². The predicted octanol–water partition coefficient (Wildman–Crippen LogP) is 2.11. The molecule has 1 aromatic heterocycles. The smallest absolute Gasteiger partial charge is 0.303 e. The quantitative estimate of drug-likeness (QED) is 0.791. The minimum absolute atomic E-state index is 0.125. The number of anilines is 1. The van der Waals surface area contributed by atoms with Gasteiger partial charge in [-0.1, -0.05) is 0 Å². The number of carboxylic acid groups (broad SMARTS) is 1. The molecule has 0 radical (unpaired) electrons. The molecule has 5 heteroatoms. The molecule has 5 nitrogen and oxygen atoms in total. The zero-order valence-electron chi connectivity index (χ0n) is 10.8. The van der Waals surface area contributed by atoms with E-state index in [0.29, 0.717) is 24.3 Å². The summed E-state index contributed by atoms with van der Waals surface area (Å²) in [5.41, 5.74) is 2.81. The van der Waals surface area contributed by atoms with E-state index >= 15 is 0 Å². The summed E-state index contributed by atoms with van der Waals surface area (Å²) in [5, 5.41) is 20.8. The van der Waals surface area contributed by atoms with Crippen molar-refractivity contribution < 1.29 is 9.90 Å². The third-order valence-corrected chi connectivity index (χ3v) is 3.28. The van der Waals surface area contributed by atoms with Crippen molar-refractivity contribution in [1.82, 2.24) is 4.98 Å². The molecule has 0 aliphatic heterocycles. The molecule has 2 rings (SSSR count). The molecule has 100 valence electrons. The van der Waals surface area contributed by atoms with Gasteiger partial charge in [0, 0.05) is 18.7 Å². The molecule has 0 atom stereocenters. The second-order valence-electron chi connectivity index (χ2n) is 4.73. The van der Waals surface area contributed by atoms with Crippen LogP contribution in [0.1, 0.15) is 42.5 Å². The van der Waals surface area contributed by atoms with E-state index in [2.05, 4.69) is 16.4 Å². The number of aromatic nitrogens is 1. The number of fused-ring (bicyclic) bond motifs is 1. The topological polar surface area (TPSA) is 86.0 Å². The van der Waals surface area contributed by atoms with Crippen molar-refractivity contribution in [2.45, 2.75) is 38.5 Å². The Labute approximate surface area is 112 Å². The lowest BCUT2D eigenvalue weighted by atomic mass is 9.95. The molecule has 19 heavy (non-hydrogen) atoms. The number of nitrogens with one attached hydrogen (secondary N) is 1. The molecule has 1 aromatic rings. The standard InChI is InChI=1S/C14H17N3O2/c15-9-11-8-10-4-1-2-5-12(10)17-14(11)16-7-3-6-13(18)19/h8H,1-7H2,(H,16,17)(H,18,19). The average molecular weight is 259 g/mol. The van der Waals surface area contributed by atoms with Crippen LogP contribution in [0.25, 0.3) is 0 Å². The van der Waals surface area contributed by atoms with Crippen LogP contribution in [-0.4, -0.2) is 22.6 Å². The zero-order valence-corrected chi connectivity index (χ0v) is 10.8. The van der Waals surface area contributed by atoms with E-state index in [0.717, 1.165) is 31.4 Å². The Hall–Kier alpha value is -2.09. The minimum Gasteiger partial charge on any atom is -0.481 e. The molecule has 1 heterocycles. The number of hydrogen-bond acceptors (Lipinski definition) is 4. The normalized spacial score (nSPS) is 13.4. The van der Waals surface area contributed by atoms with Gasteiger partial charge in [-0.3, -0.25) is 4.79 Å². The summed E-state index contributed by atoms with van der Waals surface area (Å²) in [4.78, 5) is 14.9. The predicted molar refractivity (Wildman–Crippen MR) is 71.0 cm³/mol. The van der Waals surface area contributed by atoms with E-state index in [1.54, 1.807) is 0 Å². The van der Waals surface area contributed by atoms with Crippen LogP contribution in [0.5, 0.6) is 0 Å². The van der Waals surface area contributed by atoms with Gasteiger partial charge in [0.25, 0.3) is 0 Å². The van der Waals surface area contributed by atoms with Crippen LogP contribution in [0.3, 0.4) is 0 Å². The molecule has 1 aliphatic rings. The molecule has 0 aromatic carbocycles. The fraction of sp³-hybridized carbons (Fsp3) is 0.500. The lowest BCUT2D eigenvalue weighted by molar-refractivity contribution is -0.137. The molecule has 0 amide bonds. The molecule has 0 fully saturated rings. The third-order valence-electron chi connectivity index (χ3n) is 3.28. The SMILES string of the molecule is N#Cc1cc2c(nc1NCCCC(=O)O)CCCC2. The summed E-state index contributed by atoms with van der Waals surface area (Å²) in [5.74, 6) is -0.214. The maximum absolute atomic E-state index is 10.4. The molecular weight excluding hydrogens is 242 g/mol. The highest BCUT2D eigenvalue weighted by molar-refractivity contribution is 5.66. The minimum atomic E-state index is -0.805. The van der Waals surface area contributed by atoms with Crippen molar-refractivity contribution in [3.05, 3.63) is 22.9 Å². The number of nitriles is 1. The van der Waals surface area contributed by atoms with Gasteiger partial charge in [-0.2, -0.15) is 5.26 Å². The van der Waals surface area contributed by atoms with Crippen LogP contribution < -0.4 is 5.32 Å². The van der Waals surface area contributed by atoms with E-state index < -0.39 is 5.97 Å². The van der Waals surface area contributed by atoms with Crippen LogP contribution in [0.4, 0.5) is 5.82 Å². The van der Waals surface area contributed by atoms with Gasteiger partial charge in [0.2, 0.25) is 0 Å². The first-order chi connectivity index (χ1) is 9.20. The third kappa shape index (κ3) is 3.44. The van der Waals surface area contributed by atoms with Gasteiger partial charge in [-0.25, -0.2) is 4.98 Å². The number of aryl methyl sites for hydroxylation is 2. The largest absolute Gasteiger partial charge is 0.481 e. The number of rotatable bonds is 5. The van der Waals surface area contributed by atoms with Crippen molar-refractivity contribution in [3.8, 4) is 6.07 Å². The van der Waals surface area contributed by atoms with E-state index in [9.17, 15) is 4.79 Å². The summed E-state index contributed by atoms with van der Waals surface area (Å²) in [6.07, 6.45) is 4.91. The van der Waals surface area contributed by atoms with E-state index in [1.165, 1.54) is 5.56 Å². The first-order valence-electron chi connectivity index (χ1n) is 6.59. The number of carboxylic acids is 1. The van der Waals surface area contributed by atoms with Gasteiger partial charge in [-0.05, 0) is 43.7 Å². The van der Waals surface area contributed by atoms with E-state index in [4.69, 9.17) is 10.4 Å². The molecule has 0 spiro atoms. The van der Waals surface area contributed by atoms with Crippen LogP contribution in [-0.2, 0) is 17.6 Å². The lowest BCUT2D eigenvalue weighted by Crippen LogP contribution is -2.12. The molecule has 0 unspecified atom stereocenters. The molecule has 0 saturated heterocycles. The fourth-order valence-electron chi connectivity index (χ4n) is 2.30. The van der Waals surface area contributed by atoms with Gasteiger partial charge in [0.1, 0.15) is 11.9 Å². The second kappa shape index (κ2) is 6.19. The second-order valence-corrected chi connectivity index (χ2v) is 4.73. The van der Waals surface area contributed by atoms with Gasteiger partial charge < -0.3 is 10.4 Å². The van der Waals surface area contributed by atoms with Crippen LogP contribution in [0.2, 0.25) is 0 Å². The number of carbonyl (C=O) groups is 1. The summed E-state index contributed by atoms with van der Waals surface area (Å²) in [7, 11) is 0. The summed E-state index contributed by atoms with van der Waals surface area (Å²) < 4.78 is 0. The van der Waals surface area contributed by atoms with Crippen LogP contribution >= 0.6 is 0 Å². The van der Waals surface area contributed by atoms with Crippen molar-refractivity contribution in [2.75, 3.05) is 11.9 Å². The maximum atomic E-state index is 10.4. The van der Waals surface area contributed by atoms with Crippen molar-refractivity contribution in [1.29, 1.82) is 5.26 Å². The molecular formula is C14H17N3O2. The number of hydrogen-bond donors (Lipinski definition) is 2. The van der Waals surface area contributed by atoms with E-state index in [1.807, 2.05) is 6.07 Å². The van der Waals surface area contributed by atoms with Crippen molar-refractivity contribution >= 4 is 11.8 Å². The first-order valence-corrected chi connectivity index (χ1v) is 6.59. The van der Waals surface area contributed by atoms with Gasteiger partial charge in [0.15, 0.2) is 0 Å². The zero-order chi connectivity index (χ0) is 13.7. The Kier molecular flexibility index (Phi) is 4.35. The fourth-order valence-corrected chi connectivity index (χ4v) is 2.30. The van der Waals surface area contributed by atoms with Crippen molar-refractivity contribution in [2.24, 2.45) is 0 Å². The Bertz CT molecular complexity index is 520. The number of pyridine rings is 1. The van der Waals surface area contributed by atoms with Gasteiger partial charge >= 0.3 is 5.97 Å². The summed E-state index contributed by atoms with van der Waals surface area (Å²) >= 11 is 0. The number of aliphatic carboxylic acids is 1. The summed E-state index contributed by atoms with van der Waals surface area (Å²) in [6.45, 7) is 0.521.